The van der Waals surface area contributed by atoms with Crippen LogP contribution in [0.15, 0.2) is 97.1 Å². The van der Waals surface area contributed by atoms with Crippen molar-refractivity contribution in [1.82, 2.24) is 10.2 Å². The number of nitrogens with zero attached hydrogens (tertiary/aromatic N) is 1. The first-order chi connectivity index (χ1) is 18.0. The Morgan fingerprint density at radius 3 is 2.24 bits per heavy atom. The molecule has 0 aromatic heterocycles. The normalized spacial score (nSPS) is 17.9. The highest BCUT2D eigenvalue weighted by atomic mass is 19.1. The minimum Gasteiger partial charge on any atom is -0.352 e. The Morgan fingerprint density at radius 2 is 1.46 bits per heavy atom. The quantitative estimate of drug-likeness (QED) is 0.362. The van der Waals surface area contributed by atoms with Crippen LogP contribution in [-0.2, 0) is 22.7 Å². The van der Waals surface area contributed by atoms with Crippen LogP contribution < -0.4 is 10.6 Å². The Balaban J connectivity index is 1.30. The first-order valence-corrected chi connectivity index (χ1v) is 12.6. The monoisotopic (exact) mass is 495 g/mol. The molecule has 1 aliphatic heterocycles. The molecule has 2 N–H and O–H groups in total. The van der Waals surface area contributed by atoms with Crippen LogP contribution in [0.1, 0.15) is 17.5 Å². The number of halogens is 1. The summed E-state index contributed by atoms with van der Waals surface area (Å²) >= 11 is 0. The fourth-order valence-corrected chi connectivity index (χ4v) is 5.09. The van der Waals surface area contributed by atoms with E-state index in [9.17, 15) is 14.0 Å². The molecule has 1 aliphatic rings. The molecule has 0 unspecified atom stereocenters. The topological polar surface area (TPSA) is 61.4 Å². The van der Waals surface area contributed by atoms with Crippen molar-refractivity contribution in [2.75, 3.05) is 18.4 Å². The number of hydrogen-bond acceptors (Lipinski definition) is 3. The van der Waals surface area contributed by atoms with E-state index in [2.05, 4.69) is 45.9 Å². The number of amides is 2. The molecule has 1 heterocycles. The second-order valence-corrected chi connectivity index (χ2v) is 9.66. The summed E-state index contributed by atoms with van der Waals surface area (Å²) in [5, 5.41) is 8.28. The number of likely N-dealkylation sites (tertiary alicyclic amines) is 1. The van der Waals surface area contributed by atoms with Gasteiger partial charge in [0.15, 0.2) is 0 Å². The van der Waals surface area contributed by atoms with Crippen molar-refractivity contribution in [1.29, 1.82) is 0 Å². The molecule has 188 valence electrons. The van der Waals surface area contributed by atoms with Crippen LogP contribution >= 0.6 is 0 Å². The van der Waals surface area contributed by atoms with Gasteiger partial charge in [-0.3, -0.25) is 14.5 Å². The molecule has 1 saturated heterocycles. The third-order valence-electron chi connectivity index (χ3n) is 6.96. The first-order valence-electron chi connectivity index (χ1n) is 12.6. The summed E-state index contributed by atoms with van der Waals surface area (Å²) in [4.78, 5) is 28.7. The fraction of sp³-hybridized carbons (Fsp3) is 0.226. The maximum absolute atomic E-state index is 13.4. The maximum atomic E-state index is 13.4. The number of hydrogen-bond donors (Lipinski definition) is 2. The molecule has 0 bridgehead atoms. The van der Waals surface area contributed by atoms with Gasteiger partial charge in [0, 0.05) is 31.9 Å². The van der Waals surface area contributed by atoms with E-state index in [1.807, 2.05) is 42.5 Å². The summed E-state index contributed by atoms with van der Waals surface area (Å²) in [5.74, 6) is -1.25. The van der Waals surface area contributed by atoms with Gasteiger partial charge in [-0.25, -0.2) is 4.39 Å². The van der Waals surface area contributed by atoms with Crippen molar-refractivity contribution in [3.63, 3.8) is 0 Å². The van der Waals surface area contributed by atoms with E-state index in [0.29, 0.717) is 38.3 Å². The van der Waals surface area contributed by atoms with E-state index in [1.54, 1.807) is 12.1 Å². The summed E-state index contributed by atoms with van der Waals surface area (Å²) in [6, 6.07) is 30.0. The lowest BCUT2D eigenvalue weighted by molar-refractivity contribution is -0.130. The number of anilines is 1. The standard InChI is InChI=1S/C31H30FN3O2/c32-27-13-15-28(16-14-27)34-31(37)26-17-25(20-35(21-26)19-22-7-2-1-3-8-22)30(36)33-18-24-11-6-10-23-9-4-5-12-29(23)24/h1-16,25-26H,17-21H2,(H,33,36)(H,34,37)/t25-,26+/m0/s1. The minimum atomic E-state index is -0.365. The molecule has 37 heavy (non-hydrogen) atoms. The van der Waals surface area contributed by atoms with Crippen LogP contribution in [0.4, 0.5) is 10.1 Å². The molecule has 0 saturated carbocycles. The van der Waals surface area contributed by atoms with Gasteiger partial charge in [0.25, 0.3) is 0 Å². The summed E-state index contributed by atoms with van der Waals surface area (Å²) in [7, 11) is 0. The Morgan fingerprint density at radius 1 is 0.784 bits per heavy atom. The number of nitrogens with one attached hydrogen (secondary N) is 2. The summed E-state index contributed by atoms with van der Waals surface area (Å²) in [6.45, 7) is 2.22. The van der Waals surface area contributed by atoms with Gasteiger partial charge in [0.1, 0.15) is 5.82 Å². The van der Waals surface area contributed by atoms with Crippen molar-refractivity contribution in [3.8, 4) is 0 Å². The van der Waals surface area contributed by atoms with Gasteiger partial charge < -0.3 is 10.6 Å². The SMILES string of the molecule is O=C(NCc1cccc2ccccc12)[C@H]1C[C@@H](C(=O)Nc2ccc(F)cc2)CN(Cc2ccccc2)C1. The minimum absolute atomic E-state index is 0.0507. The Labute approximate surface area is 216 Å². The zero-order valence-corrected chi connectivity index (χ0v) is 20.6. The van der Waals surface area contributed by atoms with Crippen LogP contribution in [0.3, 0.4) is 0 Å². The lowest BCUT2D eigenvalue weighted by Gasteiger charge is -2.36. The van der Waals surface area contributed by atoms with E-state index < -0.39 is 0 Å². The molecule has 2 atom stereocenters. The second kappa shape index (κ2) is 11.4. The largest absolute Gasteiger partial charge is 0.352 e. The van der Waals surface area contributed by atoms with Crippen LogP contribution in [0.2, 0.25) is 0 Å². The summed E-state index contributed by atoms with van der Waals surface area (Å²) < 4.78 is 13.3. The molecule has 2 amide bonds. The lowest BCUT2D eigenvalue weighted by atomic mass is 9.87. The van der Waals surface area contributed by atoms with Crippen molar-refractivity contribution < 1.29 is 14.0 Å². The number of rotatable bonds is 7. The van der Waals surface area contributed by atoms with E-state index >= 15 is 0 Å². The third-order valence-corrected chi connectivity index (χ3v) is 6.96. The van der Waals surface area contributed by atoms with Gasteiger partial charge in [-0.2, -0.15) is 0 Å². The highest BCUT2D eigenvalue weighted by molar-refractivity contribution is 5.93. The van der Waals surface area contributed by atoms with Crippen molar-refractivity contribution in [2.45, 2.75) is 19.5 Å². The number of carbonyl (C=O) groups is 2. The number of fused-ring (bicyclic) bond motifs is 1. The van der Waals surface area contributed by atoms with E-state index in [4.69, 9.17) is 0 Å². The average Bonchev–Trinajstić information content (AvgIpc) is 2.93. The summed E-state index contributed by atoms with van der Waals surface area (Å²) in [5.41, 5.74) is 2.74. The third kappa shape index (κ3) is 6.22. The first kappa shape index (κ1) is 24.7. The Bertz CT molecular complexity index is 1370. The number of piperidine rings is 1. The van der Waals surface area contributed by atoms with E-state index in [1.165, 1.54) is 12.1 Å². The summed E-state index contributed by atoms with van der Waals surface area (Å²) in [6.07, 6.45) is 0.458. The predicted molar refractivity (Wildman–Crippen MR) is 144 cm³/mol. The Hall–Kier alpha value is -4.03. The second-order valence-electron chi connectivity index (χ2n) is 9.66. The van der Waals surface area contributed by atoms with Gasteiger partial charge in [-0.1, -0.05) is 72.8 Å². The van der Waals surface area contributed by atoms with Gasteiger partial charge in [0.05, 0.1) is 11.8 Å². The van der Waals surface area contributed by atoms with Crippen LogP contribution in [0.25, 0.3) is 10.8 Å². The lowest BCUT2D eigenvalue weighted by Crippen LogP contribution is -2.48. The zero-order chi connectivity index (χ0) is 25.6. The maximum Gasteiger partial charge on any atom is 0.228 e. The number of carbonyl (C=O) groups excluding carboxylic acids is 2. The van der Waals surface area contributed by atoms with Crippen molar-refractivity contribution in [3.05, 3.63) is 114 Å². The molecule has 1 fully saturated rings. The molecule has 6 heteroatoms. The number of benzene rings is 4. The van der Waals surface area contributed by atoms with Crippen molar-refractivity contribution >= 4 is 28.3 Å². The predicted octanol–water partition coefficient (Wildman–Crippen LogP) is 5.37. The molecule has 0 radical (unpaired) electrons. The molecule has 0 spiro atoms. The molecule has 0 aliphatic carbocycles. The van der Waals surface area contributed by atoms with Gasteiger partial charge in [-0.15, -0.1) is 0 Å². The van der Waals surface area contributed by atoms with E-state index in [0.717, 1.165) is 21.9 Å². The van der Waals surface area contributed by atoms with Gasteiger partial charge >= 0.3 is 0 Å². The van der Waals surface area contributed by atoms with Crippen LogP contribution in [0.5, 0.6) is 0 Å². The van der Waals surface area contributed by atoms with Crippen LogP contribution in [0, 0.1) is 17.7 Å². The highest BCUT2D eigenvalue weighted by Gasteiger charge is 2.35. The average molecular weight is 496 g/mol. The van der Waals surface area contributed by atoms with Crippen molar-refractivity contribution in [2.24, 2.45) is 11.8 Å². The molecular weight excluding hydrogens is 465 g/mol. The van der Waals surface area contributed by atoms with E-state index in [-0.39, 0.29) is 29.5 Å². The Kier molecular flexibility index (Phi) is 7.57. The van der Waals surface area contributed by atoms with Gasteiger partial charge in [-0.05, 0) is 52.6 Å². The molecular formula is C31H30FN3O2. The molecule has 4 aromatic carbocycles. The highest BCUT2D eigenvalue weighted by Crippen LogP contribution is 2.26. The molecule has 5 rings (SSSR count). The molecule has 4 aromatic rings. The molecule has 5 nitrogen and oxygen atoms in total. The van der Waals surface area contributed by atoms with Crippen LogP contribution in [-0.4, -0.2) is 29.8 Å². The van der Waals surface area contributed by atoms with Gasteiger partial charge in [0.2, 0.25) is 11.8 Å². The fourth-order valence-electron chi connectivity index (χ4n) is 5.09. The smallest absolute Gasteiger partial charge is 0.228 e. The zero-order valence-electron chi connectivity index (χ0n) is 20.6.